The fraction of sp³-hybridized carbons (Fsp3) is 1.00. The largest absolute Gasteiger partial charge is 0.255 e. The highest BCUT2D eigenvalue weighted by molar-refractivity contribution is 4.07. The molecule has 0 aliphatic heterocycles. The second kappa shape index (κ2) is 14200. The molecule has 0 heterocycles. The molecule has 0 aromatic heterocycles. The van der Waals surface area contributed by atoms with Gasteiger partial charge in [0.1, 0.15) is 0 Å². The van der Waals surface area contributed by atoms with Crippen LogP contribution in [0.1, 0.15) is 91.5 Å². The van der Waals surface area contributed by atoms with E-state index in [0.717, 1.165) is 0 Å². The predicted molar refractivity (Wildman–Crippen MR) is 88.9 cm³/mol. The molecule has 0 unspecified atom stereocenters. The minimum absolute atomic E-state index is 0. The molecule has 0 aromatic rings. The lowest BCUT2D eigenvalue weighted by Gasteiger charge is -1.25. The van der Waals surface area contributed by atoms with Crippen LogP contribution >= 0.6 is 0 Å². The smallest absolute Gasteiger partial charge is 0 e. The molecular weight excluding hydrogens is 220 g/mol. The first kappa shape index (κ1) is 93.6. The topological polar surface area (TPSA) is 74.6 Å². The zero-order valence-electron chi connectivity index (χ0n) is 11.7. The molecule has 17 heavy (non-hydrogen) atoms. The Labute approximate surface area is 113 Å². The first-order valence-corrected chi connectivity index (χ1v) is 5.37. The second-order valence-corrected chi connectivity index (χ2v) is 0. The van der Waals surface area contributed by atoms with Crippen molar-refractivity contribution < 1.29 is 10.5 Å². The normalized spacial score (nSPS) is 2.35. The molecule has 0 fully saturated rings. The number of hydrogen-bond donors (Lipinski definition) is 2. The third kappa shape index (κ3) is 12300. The monoisotopic (exact) mass is 264 g/mol. The van der Waals surface area contributed by atoms with Crippen molar-refractivity contribution in [2.24, 2.45) is 0 Å². The summed E-state index contributed by atoms with van der Waals surface area (Å²) in [7, 11) is 0. The Morgan fingerprint density at radius 2 is 0.412 bits per heavy atom. The molecule has 0 aromatic carbocycles. The quantitative estimate of drug-likeness (QED) is 0.360. The molecule has 0 atom stereocenters. The Hall–Kier alpha value is -0.480. The van der Waals surface area contributed by atoms with Gasteiger partial charge in [0, 0.05) is 9.93 Å². The van der Waals surface area contributed by atoms with E-state index in [2.05, 4.69) is 0 Å². The van der Waals surface area contributed by atoms with Crippen molar-refractivity contribution in [3.8, 4) is 0 Å². The van der Waals surface area contributed by atoms with E-state index >= 15 is 0 Å². The average Bonchev–Trinajstić information content (AvgIpc) is 2.45. The maximum atomic E-state index is 7.00. The van der Waals surface area contributed by atoms with Gasteiger partial charge in [-0.3, -0.25) is 10.5 Å². The molecule has 0 aliphatic carbocycles. The number of rotatable bonds is 0. The summed E-state index contributed by atoms with van der Waals surface area (Å²) in [5.74, 6) is 0. The van der Waals surface area contributed by atoms with Gasteiger partial charge in [-0.1, -0.05) is 91.5 Å². The lowest BCUT2D eigenvalue weighted by atomic mass is 11.0. The van der Waals surface area contributed by atoms with Crippen molar-refractivity contribution in [1.29, 1.82) is 0 Å². The molecule has 0 aliphatic rings. The third-order valence-electron chi connectivity index (χ3n) is 0. The SMILES string of the molecule is C.C.C.CC.CC.CC.CC.CC.O=O.OO. The molecule has 4 heteroatoms. The zero-order chi connectivity index (χ0) is 14.0. The first-order valence-electron chi connectivity index (χ1n) is 5.37. The lowest BCUT2D eigenvalue weighted by Crippen LogP contribution is -1.29. The molecule has 0 saturated carbocycles. The van der Waals surface area contributed by atoms with Crippen molar-refractivity contribution in [2.75, 3.05) is 0 Å². The predicted octanol–water partition coefficient (Wildman–Crippen LogP) is 7.12. The Morgan fingerprint density at radius 3 is 0.412 bits per heavy atom. The van der Waals surface area contributed by atoms with Crippen LogP contribution in [0.15, 0.2) is 0 Å². The van der Waals surface area contributed by atoms with Crippen LogP contribution in [-0.2, 0) is 0 Å². The van der Waals surface area contributed by atoms with Crippen LogP contribution in [0.4, 0.5) is 0 Å². The van der Waals surface area contributed by atoms with Gasteiger partial charge in [-0.25, -0.2) is 0 Å². The number of hydrogen-bond acceptors (Lipinski definition) is 4. The van der Waals surface area contributed by atoms with Crippen LogP contribution in [0.3, 0.4) is 0 Å². The Kier molecular flexibility index (Phi) is 78200. The molecule has 2 N–H and O–H groups in total. The highest BCUT2D eigenvalue weighted by Gasteiger charge is 0.940. The van der Waals surface area contributed by atoms with Crippen molar-refractivity contribution in [3.63, 3.8) is 0 Å². The van der Waals surface area contributed by atoms with Crippen LogP contribution in [0.5, 0.6) is 0 Å². The van der Waals surface area contributed by atoms with Gasteiger partial charge >= 0.3 is 0 Å². The minimum Gasteiger partial charge on any atom is -0.255 e. The summed E-state index contributed by atoms with van der Waals surface area (Å²) in [5.41, 5.74) is 0. The van der Waals surface area contributed by atoms with Crippen molar-refractivity contribution in [1.82, 2.24) is 0 Å². The summed E-state index contributed by atoms with van der Waals surface area (Å²) >= 11 is 0. The maximum Gasteiger partial charge on any atom is 0 e. The maximum absolute atomic E-state index is 7.00. The van der Waals surface area contributed by atoms with Crippen molar-refractivity contribution >= 4 is 0 Å². The Balaban J connectivity index is -0.00000000408. The van der Waals surface area contributed by atoms with Gasteiger partial charge in [-0.05, 0) is 0 Å². The van der Waals surface area contributed by atoms with E-state index < -0.39 is 0 Å². The summed E-state index contributed by atoms with van der Waals surface area (Å²) in [6.07, 6.45) is 0. The molecule has 0 radical (unpaired) electrons. The van der Waals surface area contributed by atoms with E-state index in [-0.39, 0.29) is 22.3 Å². The van der Waals surface area contributed by atoms with Crippen LogP contribution in [0, 0.1) is 9.93 Å². The summed E-state index contributed by atoms with van der Waals surface area (Å²) in [5, 5.41) is 12.0. The van der Waals surface area contributed by atoms with E-state index in [4.69, 9.17) is 20.4 Å². The summed E-state index contributed by atoms with van der Waals surface area (Å²) in [6, 6.07) is 0. The molecule has 0 spiro atoms. The van der Waals surface area contributed by atoms with E-state index in [1.807, 2.05) is 69.2 Å². The molecular formula is C13H44O4. The summed E-state index contributed by atoms with van der Waals surface area (Å²) < 4.78 is 0. The van der Waals surface area contributed by atoms with Gasteiger partial charge in [0.25, 0.3) is 0 Å². The van der Waals surface area contributed by atoms with E-state index in [0.29, 0.717) is 0 Å². The van der Waals surface area contributed by atoms with Gasteiger partial charge in [0.05, 0.1) is 0 Å². The van der Waals surface area contributed by atoms with Gasteiger partial charge < -0.3 is 0 Å². The van der Waals surface area contributed by atoms with Gasteiger partial charge in [-0.2, -0.15) is 0 Å². The standard InChI is InChI=1S/5C2H6.3CH4.H2O2.O2/c5*1-2;;;;2*1-2/h5*1-2H3;3*1H4;1-2H;. The summed E-state index contributed by atoms with van der Waals surface area (Å²) in [6.45, 7) is 20.0. The molecule has 0 saturated heterocycles. The molecule has 0 bridgehead atoms. The zero-order valence-corrected chi connectivity index (χ0v) is 11.7. The highest BCUT2D eigenvalue weighted by Crippen LogP contribution is 1.15. The molecule has 0 amide bonds. The van der Waals surface area contributed by atoms with Crippen LogP contribution in [0.25, 0.3) is 0 Å². The van der Waals surface area contributed by atoms with Gasteiger partial charge in [0.15, 0.2) is 0 Å². The third-order valence-corrected chi connectivity index (χ3v) is 0. The van der Waals surface area contributed by atoms with Crippen LogP contribution < -0.4 is 0 Å². The average molecular weight is 264 g/mol. The van der Waals surface area contributed by atoms with E-state index in [1.54, 1.807) is 0 Å². The molecule has 120 valence electrons. The lowest BCUT2D eigenvalue weighted by molar-refractivity contribution is -0.176. The van der Waals surface area contributed by atoms with Crippen molar-refractivity contribution in [2.45, 2.75) is 91.5 Å². The van der Waals surface area contributed by atoms with E-state index in [1.165, 1.54) is 0 Å². The van der Waals surface area contributed by atoms with Gasteiger partial charge in [-0.15, -0.1) is 0 Å². The molecule has 0 rings (SSSR count). The summed E-state index contributed by atoms with van der Waals surface area (Å²) in [4.78, 5) is 14.0. The van der Waals surface area contributed by atoms with Crippen LogP contribution in [-0.4, -0.2) is 10.5 Å². The Bertz CT molecular complexity index is 13.4. The van der Waals surface area contributed by atoms with Crippen LogP contribution in [0.2, 0.25) is 0 Å². The first-order chi connectivity index (χ1) is 7.00. The fourth-order valence-corrected chi connectivity index (χ4v) is 0. The minimum atomic E-state index is 0. The van der Waals surface area contributed by atoms with Gasteiger partial charge in [0.2, 0.25) is 0 Å². The fourth-order valence-electron chi connectivity index (χ4n) is 0. The Morgan fingerprint density at radius 1 is 0.412 bits per heavy atom. The second-order valence-electron chi connectivity index (χ2n) is 0. The van der Waals surface area contributed by atoms with Crippen molar-refractivity contribution in [3.05, 3.63) is 9.93 Å². The molecule has 4 nitrogen and oxygen atoms in total. The van der Waals surface area contributed by atoms with E-state index in [9.17, 15) is 0 Å². The highest BCUT2D eigenvalue weighted by atomic mass is 17.0.